The molecule has 4 nitrogen and oxygen atoms in total. The molecule has 0 spiro atoms. The molecule has 0 aliphatic rings. The fourth-order valence-corrected chi connectivity index (χ4v) is 7.03. The van der Waals surface area contributed by atoms with Gasteiger partial charge in [-0.2, -0.15) is 0 Å². The van der Waals surface area contributed by atoms with Crippen molar-refractivity contribution < 1.29 is 15.6 Å². The third-order valence-corrected chi connectivity index (χ3v) is 10.4. The van der Waals surface area contributed by atoms with E-state index in [1.807, 2.05) is 0 Å². The van der Waals surface area contributed by atoms with Crippen LogP contribution in [-0.2, 0) is 0 Å². The Kier molecular flexibility index (Phi) is 46.8. The minimum Gasteiger partial charge on any atom is -0.633 e. The van der Waals surface area contributed by atoms with Gasteiger partial charge in [0.1, 0.15) is 0 Å². The molecule has 0 amide bonds. The predicted molar refractivity (Wildman–Crippen MR) is 209 cm³/mol. The number of hydrogen-bond acceptors (Lipinski definition) is 1. The molecule has 0 aromatic rings. The van der Waals surface area contributed by atoms with Gasteiger partial charge >= 0.3 is 0 Å². The van der Waals surface area contributed by atoms with Gasteiger partial charge in [-0.3, -0.25) is 0 Å². The molecule has 0 saturated heterocycles. The first-order chi connectivity index (χ1) is 21.7. The van der Waals surface area contributed by atoms with Crippen LogP contribution in [0.1, 0.15) is 252 Å². The van der Waals surface area contributed by atoms with E-state index in [9.17, 15) is 5.21 Å². The van der Waals surface area contributed by atoms with Crippen LogP contribution in [0.2, 0.25) is 0 Å². The van der Waals surface area contributed by atoms with Crippen molar-refractivity contribution in [1.82, 2.24) is 0 Å². The standard InChI is InChI=1S/C42H87NO.2H2O/c1-4-7-9-11-13-15-17-19-21-23-25-27-29-31-33-35-37-39-41-43(44,6-3)42-40-38-36-34-32-30-28-26-24-22-20-18-16-14-12-10-8-5-2;;/h4-42H2,1-3H3;2*1H2. The van der Waals surface area contributed by atoms with E-state index in [2.05, 4.69) is 20.8 Å². The summed E-state index contributed by atoms with van der Waals surface area (Å²) in [6, 6.07) is 0. The Morgan fingerprint density at radius 3 is 0.565 bits per heavy atom. The third kappa shape index (κ3) is 40.0. The highest BCUT2D eigenvalue weighted by Crippen LogP contribution is 2.18. The Hall–Kier alpha value is -0.160. The highest BCUT2D eigenvalue weighted by Gasteiger charge is 2.13. The van der Waals surface area contributed by atoms with Crippen molar-refractivity contribution in [1.29, 1.82) is 0 Å². The van der Waals surface area contributed by atoms with Crippen LogP contribution < -0.4 is 0 Å². The second-order valence-electron chi connectivity index (χ2n) is 14.8. The van der Waals surface area contributed by atoms with Crippen LogP contribution in [0.15, 0.2) is 0 Å². The lowest BCUT2D eigenvalue weighted by Gasteiger charge is -2.42. The zero-order valence-corrected chi connectivity index (χ0v) is 32.4. The van der Waals surface area contributed by atoms with E-state index >= 15 is 0 Å². The zero-order valence-electron chi connectivity index (χ0n) is 32.4. The first-order valence-electron chi connectivity index (χ1n) is 21.3. The highest BCUT2D eigenvalue weighted by molar-refractivity contribution is 4.54. The van der Waals surface area contributed by atoms with Crippen LogP contribution in [0, 0.1) is 5.21 Å². The normalized spacial score (nSPS) is 11.5. The Morgan fingerprint density at radius 2 is 0.413 bits per heavy atom. The van der Waals surface area contributed by atoms with E-state index in [0.717, 1.165) is 32.5 Å². The van der Waals surface area contributed by atoms with Gasteiger partial charge in [-0.15, -0.1) is 0 Å². The van der Waals surface area contributed by atoms with Crippen molar-refractivity contribution in [3.05, 3.63) is 5.21 Å². The molecule has 4 heteroatoms. The van der Waals surface area contributed by atoms with Gasteiger partial charge in [0.25, 0.3) is 0 Å². The molecular weight excluding hydrogens is 566 g/mol. The van der Waals surface area contributed by atoms with Gasteiger partial charge in [0, 0.05) is 0 Å². The number of unbranched alkanes of at least 4 members (excludes halogenated alkanes) is 34. The Morgan fingerprint density at radius 1 is 0.261 bits per heavy atom. The van der Waals surface area contributed by atoms with Crippen LogP contribution in [0.5, 0.6) is 0 Å². The highest BCUT2D eigenvalue weighted by atomic mass is 16.5. The van der Waals surface area contributed by atoms with E-state index in [-0.39, 0.29) is 15.6 Å². The SMILES string of the molecule is CCCCCCCCCCCCCCCCCCCC[N+]([O-])(CC)CCCCCCCCCCCCCCCCCCCC.O.O. The van der Waals surface area contributed by atoms with Gasteiger partial charge in [-0.05, 0) is 32.6 Å². The molecule has 0 bridgehead atoms. The second-order valence-corrected chi connectivity index (χ2v) is 14.8. The summed E-state index contributed by atoms with van der Waals surface area (Å²) in [6.07, 6.45) is 50.6. The van der Waals surface area contributed by atoms with Crippen molar-refractivity contribution in [2.24, 2.45) is 0 Å². The second kappa shape index (κ2) is 42.9. The van der Waals surface area contributed by atoms with E-state index in [1.54, 1.807) is 0 Å². The molecule has 0 saturated carbocycles. The third-order valence-electron chi connectivity index (χ3n) is 10.4. The summed E-state index contributed by atoms with van der Waals surface area (Å²) in [5, 5.41) is 13.2. The summed E-state index contributed by atoms with van der Waals surface area (Å²) >= 11 is 0. The fraction of sp³-hybridized carbons (Fsp3) is 1.00. The van der Waals surface area contributed by atoms with E-state index in [4.69, 9.17) is 0 Å². The first kappa shape index (κ1) is 50.2. The smallest absolute Gasteiger partial charge is 0.0783 e. The van der Waals surface area contributed by atoms with Gasteiger partial charge in [0.15, 0.2) is 0 Å². The molecule has 0 heterocycles. The average molecular weight is 658 g/mol. The van der Waals surface area contributed by atoms with Crippen LogP contribution in [0.4, 0.5) is 0 Å². The minimum absolute atomic E-state index is 0. The first-order valence-corrected chi connectivity index (χ1v) is 21.3. The molecule has 0 atom stereocenters. The topological polar surface area (TPSA) is 86.1 Å². The lowest BCUT2D eigenvalue weighted by molar-refractivity contribution is -0.879. The van der Waals surface area contributed by atoms with Crippen molar-refractivity contribution in [3.8, 4) is 0 Å². The maximum atomic E-state index is 13.2. The number of quaternary nitrogens is 1. The Labute approximate surface area is 291 Å². The molecule has 0 unspecified atom stereocenters. The molecule has 0 rings (SSSR count). The Bertz CT molecular complexity index is 475. The predicted octanol–water partition coefficient (Wildman–Crippen LogP) is 13.8. The Balaban J connectivity index is -0.00000924. The van der Waals surface area contributed by atoms with E-state index in [1.165, 1.54) is 218 Å². The molecule has 46 heavy (non-hydrogen) atoms. The van der Waals surface area contributed by atoms with Gasteiger partial charge in [-0.1, -0.05) is 219 Å². The number of nitrogens with zero attached hydrogens (tertiary/aromatic N) is 1. The summed E-state index contributed by atoms with van der Waals surface area (Å²) < 4.78 is 0.0672. The maximum absolute atomic E-state index is 13.2. The van der Waals surface area contributed by atoms with Crippen molar-refractivity contribution in [2.75, 3.05) is 19.6 Å². The summed E-state index contributed by atoms with van der Waals surface area (Å²) in [6.45, 7) is 9.18. The monoisotopic (exact) mass is 658 g/mol. The van der Waals surface area contributed by atoms with Crippen LogP contribution in [0.3, 0.4) is 0 Å². The number of hydrogen-bond donors (Lipinski definition) is 0. The van der Waals surface area contributed by atoms with Crippen molar-refractivity contribution in [2.45, 2.75) is 252 Å². The van der Waals surface area contributed by atoms with Gasteiger partial charge in [-0.25, -0.2) is 0 Å². The van der Waals surface area contributed by atoms with Gasteiger partial charge in [0.05, 0.1) is 19.6 Å². The summed E-state index contributed by atoms with van der Waals surface area (Å²) in [5.41, 5.74) is 0. The molecule has 0 aromatic heterocycles. The summed E-state index contributed by atoms with van der Waals surface area (Å²) in [5.74, 6) is 0. The maximum Gasteiger partial charge on any atom is 0.0783 e. The van der Waals surface area contributed by atoms with E-state index < -0.39 is 0 Å². The summed E-state index contributed by atoms with van der Waals surface area (Å²) in [7, 11) is 0. The van der Waals surface area contributed by atoms with Crippen LogP contribution >= 0.6 is 0 Å². The average Bonchev–Trinajstić information content (AvgIpc) is 3.03. The quantitative estimate of drug-likeness (QED) is 0.0367. The number of rotatable bonds is 39. The molecule has 4 N–H and O–H groups in total. The fourth-order valence-electron chi connectivity index (χ4n) is 7.03. The largest absolute Gasteiger partial charge is 0.633 e. The molecule has 282 valence electrons. The molecule has 0 radical (unpaired) electrons. The van der Waals surface area contributed by atoms with Crippen molar-refractivity contribution >= 4 is 0 Å². The molecule has 0 aromatic carbocycles. The molecule has 0 fully saturated rings. The van der Waals surface area contributed by atoms with Gasteiger partial charge < -0.3 is 20.8 Å². The minimum atomic E-state index is 0. The van der Waals surface area contributed by atoms with Gasteiger partial charge in [0.2, 0.25) is 0 Å². The van der Waals surface area contributed by atoms with E-state index in [0.29, 0.717) is 0 Å². The number of hydroxylamine groups is 3. The van der Waals surface area contributed by atoms with Crippen molar-refractivity contribution in [3.63, 3.8) is 0 Å². The lowest BCUT2D eigenvalue weighted by Crippen LogP contribution is -2.43. The molecule has 0 aliphatic carbocycles. The zero-order chi connectivity index (χ0) is 32.1. The molecular formula is C42H91NO3. The van der Waals surface area contributed by atoms with Crippen LogP contribution in [0.25, 0.3) is 0 Å². The molecule has 0 aliphatic heterocycles. The summed E-state index contributed by atoms with van der Waals surface area (Å²) in [4.78, 5) is 0. The lowest BCUT2D eigenvalue weighted by atomic mass is 10.0. The van der Waals surface area contributed by atoms with Crippen LogP contribution in [-0.4, -0.2) is 35.2 Å².